The molecule has 8 heteroatoms. The first-order valence-corrected chi connectivity index (χ1v) is 9.17. The van der Waals surface area contributed by atoms with Gasteiger partial charge in [0, 0.05) is 0 Å². The van der Waals surface area contributed by atoms with Crippen LogP contribution in [0.1, 0.15) is 23.2 Å². The van der Waals surface area contributed by atoms with Gasteiger partial charge in [-0.3, -0.25) is 14.4 Å². The molecule has 27 heavy (non-hydrogen) atoms. The standard InChI is InChI=1S/C19H17FN2O4S/c20-14-7-3-4-8-15(14)21-17(24)13-9-10-27-18(13)22-16(23)11-5-1-2-6-12(11)19(25)26/h1-4,7-12H,5-6H2,(H,21,24)(H,22,23)(H,25,26)/t11-,12-/m1/s1. The molecule has 0 saturated carbocycles. The zero-order valence-corrected chi connectivity index (χ0v) is 15.0. The van der Waals surface area contributed by atoms with E-state index in [4.69, 9.17) is 0 Å². The summed E-state index contributed by atoms with van der Waals surface area (Å²) in [5.41, 5.74) is 0.226. The van der Waals surface area contributed by atoms with Gasteiger partial charge in [0.15, 0.2) is 0 Å². The van der Waals surface area contributed by atoms with Crippen LogP contribution < -0.4 is 10.6 Å². The molecule has 1 aromatic carbocycles. The molecule has 0 radical (unpaired) electrons. The van der Waals surface area contributed by atoms with E-state index >= 15 is 0 Å². The number of aliphatic carboxylic acids is 1. The lowest BCUT2D eigenvalue weighted by Gasteiger charge is -2.24. The van der Waals surface area contributed by atoms with Crippen molar-refractivity contribution in [2.45, 2.75) is 12.8 Å². The molecule has 0 bridgehead atoms. The number of para-hydroxylation sites is 1. The molecule has 2 atom stereocenters. The number of hydrogen-bond donors (Lipinski definition) is 3. The Balaban J connectivity index is 1.74. The summed E-state index contributed by atoms with van der Waals surface area (Å²) in [6.07, 6.45) is 4.15. The SMILES string of the molecule is O=C(Nc1ccccc1F)c1ccsc1NC(=O)[C@@H]1CC=CC[C@H]1C(=O)O. The minimum atomic E-state index is -1.02. The molecule has 0 fully saturated rings. The Hall–Kier alpha value is -3.00. The number of nitrogens with one attached hydrogen (secondary N) is 2. The van der Waals surface area contributed by atoms with Gasteiger partial charge < -0.3 is 15.7 Å². The number of rotatable bonds is 5. The maximum absolute atomic E-state index is 13.7. The Morgan fingerprint density at radius 3 is 2.44 bits per heavy atom. The first-order valence-electron chi connectivity index (χ1n) is 8.29. The number of allylic oxidation sites excluding steroid dienone is 2. The first-order chi connectivity index (χ1) is 13.0. The molecule has 0 spiro atoms. The van der Waals surface area contributed by atoms with Crippen molar-refractivity contribution in [3.05, 3.63) is 59.2 Å². The number of anilines is 2. The van der Waals surface area contributed by atoms with Gasteiger partial charge in [-0.05, 0) is 36.4 Å². The van der Waals surface area contributed by atoms with Crippen molar-refractivity contribution in [1.82, 2.24) is 0 Å². The number of benzene rings is 1. The van der Waals surface area contributed by atoms with Crippen molar-refractivity contribution in [2.24, 2.45) is 11.8 Å². The highest BCUT2D eigenvalue weighted by Gasteiger charge is 2.34. The van der Waals surface area contributed by atoms with Crippen LogP contribution in [0.3, 0.4) is 0 Å². The molecule has 2 aromatic rings. The summed E-state index contributed by atoms with van der Waals surface area (Å²) >= 11 is 1.14. The van der Waals surface area contributed by atoms with Gasteiger partial charge in [-0.2, -0.15) is 0 Å². The smallest absolute Gasteiger partial charge is 0.307 e. The molecule has 1 heterocycles. The zero-order valence-electron chi connectivity index (χ0n) is 14.1. The molecule has 1 aliphatic carbocycles. The summed E-state index contributed by atoms with van der Waals surface area (Å²) in [5.74, 6) is -4.11. The lowest BCUT2D eigenvalue weighted by Crippen LogP contribution is -2.34. The summed E-state index contributed by atoms with van der Waals surface area (Å²) in [4.78, 5) is 36.4. The lowest BCUT2D eigenvalue weighted by atomic mass is 9.82. The Labute approximate surface area is 158 Å². The van der Waals surface area contributed by atoms with Crippen molar-refractivity contribution in [3.63, 3.8) is 0 Å². The maximum atomic E-state index is 13.7. The number of thiophene rings is 1. The number of carboxylic acid groups (broad SMARTS) is 1. The van der Waals surface area contributed by atoms with Crippen molar-refractivity contribution in [2.75, 3.05) is 10.6 Å². The van der Waals surface area contributed by atoms with Gasteiger partial charge in [0.05, 0.1) is 23.1 Å². The Morgan fingerprint density at radius 1 is 1.04 bits per heavy atom. The van der Waals surface area contributed by atoms with Gasteiger partial charge in [0.1, 0.15) is 10.8 Å². The molecule has 140 valence electrons. The first kappa shape index (κ1) is 18.8. The van der Waals surface area contributed by atoms with E-state index < -0.39 is 35.4 Å². The second-order valence-electron chi connectivity index (χ2n) is 6.08. The monoisotopic (exact) mass is 388 g/mol. The maximum Gasteiger partial charge on any atom is 0.307 e. The lowest BCUT2D eigenvalue weighted by molar-refractivity contribution is -0.146. The Bertz CT molecular complexity index is 909. The number of carboxylic acids is 1. The third kappa shape index (κ3) is 4.22. The van der Waals surface area contributed by atoms with Crippen LogP contribution in [-0.4, -0.2) is 22.9 Å². The van der Waals surface area contributed by atoms with Crippen LogP contribution in [0.5, 0.6) is 0 Å². The second-order valence-corrected chi connectivity index (χ2v) is 7.00. The van der Waals surface area contributed by atoms with Gasteiger partial charge >= 0.3 is 5.97 Å². The molecule has 6 nitrogen and oxygen atoms in total. The highest BCUT2D eigenvalue weighted by Crippen LogP contribution is 2.30. The summed E-state index contributed by atoms with van der Waals surface area (Å²) in [6, 6.07) is 7.29. The molecule has 1 aromatic heterocycles. The molecule has 0 aliphatic heterocycles. The quantitative estimate of drug-likeness (QED) is 0.680. The van der Waals surface area contributed by atoms with Crippen LogP contribution in [0.2, 0.25) is 0 Å². The van der Waals surface area contributed by atoms with E-state index in [1.54, 1.807) is 23.6 Å². The van der Waals surface area contributed by atoms with Gasteiger partial charge in [-0.25, -0.2) is 4.39 Å². The van der Waals surface area contributed by atoms with Gasteiger partial charge in [-0.15, -0.1) is 11.3 Å². The van der Waals surface area contributed by atoms with E-state index in [9.17, 15) is 23.9 Å². The van der Waals surface area contributed by atoms with E-state index in [-0.39, 0.29) is 11.3 Å². The Morgan fingerprint density at radius 2 is 1.74 bits per heavy atom. The highest BCUT2D eigenvalue weighted by molar-refractivity contribution is 7.14. The predicted molar refractivity (Wildman–Crippen MR) is 100 cm³/mol. The van der Waals surface area contributed by atoms with Gasteiger partial charge in [-0.1, -0.05) is 24.3 Å². The normalized spacial score (nSPS) is 18.7. The van der Waals surface area contributed by atoms with Crippen LogP contribution in [0.4, 0.5) is 15.1 Å². The van der Waals surface area contributed by atoms with Crippen LogP contribution in [0.15, 0.2) is 47.9 Å². The minimum Gasteiger partial charge on any atom is -0.481 e. The molecule has 0 saturated heterocycles. The molecule has 2 amide bonds. The van der Waals surface area contributed by atoms with Crippen molar-refractivity contribution >= 4 is 39.8 Å². The Kier molecular flexibility index (Phi) is 5.66. The summed E-state index contributed by atoms with van der Waals surface area (Å²) in [6.45, 7) is 0. The topological polar surface area (TPSA) is 95.5 Å². The van der Waals surface area contributed by atoms with Crippen LogP contribution >= 0.6 is 11.3 Å². The molecule has 1 aliphatic rings. The van der Waals surface area contributed by atoms with Gasteiger partial charge in [0.25, 0.3) is 5.91 Å². The fraction of sp³-hybridized carbons (Fsp3) is 0.211. The number of carbonyl (C=O) groups is 3. The minimum absolute atomic E-state index is 0.0364. The van der Waals surface area contributed by atoms with Gasteiger partial charge in [0.2, 0.25) is 5.91 Å². The summed E-state index contributed by atoms with van der Waals surface area (Å²) < 4.78 is 13.7. The van der Waals surface area contributed by atoms with E-state index in [1.807, 2.05) is 0 Å². The average molecular weight is 388 g/mol. The largest absolute Gasteiger partial charge is 0.481 e. The molecule has 0 unspecified atom stereocenters. The average Bonchev–Trinajstić information content (AvgIpc) is 3.11. The fourth-order valence-electron chi connectivity index (χ4n) is 2.92. The highest BCUT2D eigenvalue weighted by atomic mass is 32.1. The van der Waals surface area contributed by atoms with Crippen molar-refractivity contribution in [1.29, 1.82) is 0 Å². The predicted octanol–water partition coefficient (Wildman–Crippen LogP) is 3.75. The summed E-state index contributed by atoms with van der Waals surface area (Å²) in [5, 5.41) is 16.4. The third-order valence-electron chi connectivity index (χ3n) is 4.36. The molecule has 3 rings (SSSR count). The van der Waals surface area contributed by atoms with Crippen molar-refractivity contribution in [3.8, 4) is 0 Å². The van der Waals surface area contributed by atoms with E-state index in [0.717, 1.165) is 11.3 Å². The van der Waals surface area contributed by atoms with E-state index in [1.165, 1.54) is 24.3 Å². The number of carbonyl (C=O) groups excluding carboxylic acids is 2. The number of halogens is 1. The molecular formula is C19H17FN2O4S. The number of hydrogen-bond acceptors (Lipinski definition) is 4. The molecular weight excluding hydrogens is 371 g/mol. The van der Waals surface area contributed by atoms with Crippen LogP contribution in [-0.2, 0) is 9.59 Å². The van der Waals surface area contributed by atoms with Crippen LogP contribution in [0.25, 0.3) is 0 Å². The fourth-order valence-corrected chi connectivity index (χ4v) is 3.71. The van der Waals surface area contributed by atoms with Crippen LogP contribution in [0, 0.1) is 17.7 Å². The second kappa shape index (κ2) is 8.13. The van der Waals surface area contributed by atoms with E-state index in [0.29, 0.717) is 17.8 Å². The summed E-state index contributed by atoms with van der Waals surface area (Å²) in [7, 11) is 0. The third-order valence-corrected chi connectivity index (χ3v) is 5.18. The zero-order chi connectivity index (χ0) is 19.4. The number of amides is 2. The van der Waals surface area contributed by atoms with Crippen molar-refractivity contribution < 1.29 is 23.9 Å². The van der Waals surface area contributed by atoms with E-state index in [2.05, 4.69) is 10.6 Å². The molecule has 3 N–H and O–H groups in total.